The number of nitrogens with zero attached hydrogens (tertiary/aromatic N) is 1. The van der Waals surface area contributed by atoms with Gasteiger partial charge in [-0.25, -0.2) is 0 Å². The zero-order valence-corrected chi connectivity index (χ0v) is 12.6. The van der Waals surface area contributed by atoms with Crippen LogP contribution < -0.4 is 0 Å². The van der Waals surface area contributed by atoms with E-state index in [1.54, 1.807) is 5.56 Å². The number of carboxylic acids is 1. The Balaban J connectivity index is 1.50. The molecule has 2 aliphatic rings. The van der Waals surface area contributed by atoms with E-state index in [1.165, 1.54) is 18.4 Å². The Bertz CT molecular complexity index is 488. The average Bonchev–Trinajstić information content (AvgIpc) is 3.32. The monoisotopic (exact) mass is 287 g/mol. The molecular formula is C18H25NO2. The van der Waals surface area contributed by atoms with Gasteiger partial charge in [0, 0.05) is 13.0 Å². The van der Waals surface area contributed by atoms with E-state index in [-0.39, 0.29) is 0 Å². The first-order valence-corrected chi connectivity index (χ1v) is 8.24. The summed E-state index contributed by atoms with van der Waals surface area (Å²) in [7, 11) is 0. The van der Waals surface area contributed by atoms with Crippen molar-refractivity contribution < 1.29 is 9.90 Å². The van der Waals surface area contributed by atoms with Crippen LogP contribution in [-0.4, -0.2) is 29.1 Å². The minimum absolute atomic E-state index is 0.329. The topological polar surface area (TPSA) is 40.5 Å². The summed E-state index contributed by atoms with van der Waals surface area (Å²) in [4.78, 5) is 13.2. The number of aliphatic carboxylic acids is 1. The molecule has 21 heavy (non-hydrogen) atoms. The lowest BCUT2D eigenvalue weighted by atomic mass is 9.91. The molecule has 114 valence electrons. The molecule has 1 saturated heterocycles. The number of likely N-dealkylation sites (tertiary alicyclic amines) is 1. The molecule has 0 atom stereocenters. The second-order valence-corrected chi connectivity index (χ2v) is 6.63. The third-order valence-corrected chi connectivity index (χ3v) is 4.94. The molecule has 1 aromatic rings. The zero-order valence-electron chi connectivity index (χ0n) is 12.6. The normalized spacial score (nSPS) is 20.6. The Morgan fingerprint density at radius 3 is 2.52 bits per heavy atom. The number of hydrogen-bond acceptors (Lipinski definition) is 2. The van der Waals surface area contributed by atoms with E-state index in [0.717, 1.165) is 44.8 Å². The molecule has 3 nitrogen and oxygen atoms in total. The molecule has 0 radical (unpaired) electrons. The van der Waals surface area contributed by atoms with Gasteiger partial charge in [-0.05, 0) is 68.2 Å². The van der Waals surface area contributed by atoms with Crippen LogP contribution in [0.25, 0.3) is 0 Å². The molecule has 3 heteroatoms. The van der Waals surface area contributed by atoms with Crippen molar-refractivity contribution >= 4 is 5.97 Å². The van der Waals surface area contributed by atoms with E-state index in [2.05, 4.69) is 29.2 Å². The molecule has 0 spiro atoms. The summed E-state index contributed by atoms with van der Waals surface area (Å²) in [5.74, 6) is 0.765. The van der Waals surface area contributed by atoms with E-state index in [1.807, 2.05) is 0 Å². The Morgan fingerprint density at radius 1 is 1.14 bits per heavy atom. The van der Waals surface area contributed by atoms with Crippen molar-refractivity contribution in [3.8, 4) is 0 Å². The molecule has 1 aromatic carbocycles. The molecule has 1 saturated carbocycles. The van der Waals surface area contributed by atoms with Crippen LogP contribution in [0.3, 0.4) is 0 Å². The Morgan fingerprint density at radius 2 is 1.86 bits per heavy atom. The van der Waals surface area contributed by atoms with Gasteiger partial charge in [-0.1, -0.05) is 24.3 Å². The summed E-state index contributed by atoms with van der Waals surface area (Å²) < 4.78 is 0. The van der Waals surface area contributed by atoms with Crippen LogP contribution in [0.1, 0.15) is 55.6 Å². The summed E-state index contributed by atoms with van der Waals surface area (Å²) >= 11 is 0. The summed E-state index contributed by atoms with van der Waals surface area (Å²) in [6, 6.07) is 8.90. The van der Waals surface area contributed by atoms with Gasteiger partial charge in [0.15, 0.2) is 0 Å². The number of rotatable bonds is 6. The van der Waals surface area contributed by atoms with Crippen LogP contribution in [0, 0.1) is 5.92 Å². The van der Waals surface area contributed by atoms with Gasteiger partial charge in [-0.2, -0.15) is 0 Å². The maximum atomic E-state index is 10.6. The number of hydrogen-bond donors (Lipinski definition) is 1. The Kier molecular flexibility index (Phi) is 4.59. The van der Waals surface area contributed by atoms with E-state index in [4.69, 9.17) is 5.11 Å². The highest BCUT2D eigenvalue weighted by Gasteiger charge is 2.27. The van der Waals surface area contributed by atoms with Gasteiger partial charge in [0.2, 0.25) is 0 Å². The summed E-state index contributed by atoms with van der Waals surface area (Å²) in [5, 5.41) is 8.77. The maximum Gasteiger partial charge on any atom is 0.303 e. The SMILES string of the molecule is O=C(O)CCC1CCN(Cc2ccccc2C2CC2)CC1. The highest BCUT2D eigenvalue weighted by atomic mass is 16.4. The molecule has 3 rings (SSSR count). The molecule has 1 heterocycles. The first-order valence-electron chi connectivity index (χ1n) is 8.24. The molecular weight excluding hydrogens is 262 g/mol. The summed E-state index contributed by atoms with van der Waals surface area (Å²) in [6.07, 6.45) is 6.19. The number of benzene rings is 1. The van der Waals surface area contributed by atoms with Gasteiger partial charge in [0.05, 0.1) is 0 Å². The number of carboxylic acid groups (broad SMARTS) is 1. The van der Waals surface area contributed by atoms with Crippen molar-refractivity contribution in [1.82, 2.24) is 4.90 Å². The fourth-order valence-electron chi connectivity index (χ4n) is 3.47. The highest BCUT2D eigenvalue weighted by molar-refractivity contribution is 5.66. The fourth-order valence-corrected chi connectivity index (χ4v) is 3.47. The van der Waals surface area contributed by atoms with E-state index >= 15 is 0 Å². The molecule has 1 N–H and O–H groups in total. The van der Waals surface area contributed by atoms with Crippen molar-refractivity contribution in [3.63, 3.8) is 0 Å². The summed E-state index contributed by atoms with van der Waals surface area (Å²) in [6.45, 7) is 3.30. The van der Waals surface area contributed by atoms with Crippen LogP contribution in [-0.2, 0) is 11.3 Å². The molecule has 0 amide bonds. The van der Waals surface area contributed by atoms with Crippen LogP contribution >= 0.6 is 0 Å². The Hall–Kier alpha value is -1.35. The van der Waals surface area contributed by atoms with E-state index < -0.39 is 5.97 Å². The van der Waals surface area contributed by atoms with Crippen molar-refractivity contribution in [1.29, 1.82) is 0 Å². The largest absolute Gasteiger partial charge is 0.481 e. The minimum atomic E-state index is -0.657. The van der Waals surface area contributed by atoms with Crippen molar-refractivity contribution in [2.75, 3.05) is 13.1 Å². The van der Waals surface area contributed by atoms with Gasteiger partial charge in [-0.3, -0.25) is 9.69 Å². The van der Waals surface area contributed by atoms with Crippen LogP contribution in [0.4, 0.5) is 0 Å². The van der Waals surface area contributed by atoms with Gasteiger partial charge < -0.3 is 5.11 Å². The van der Waals surface area contributed by atoms with Crippen LogP contribution in [0.2, 0.25) is 0 Å². The smallest absolute Gasteiger partial charge is 0.303 e. The third kappa shape index (κ3) is 4.07. The molecule has 0 unspecified atom stereocenters. The lowest BCUT2D eigenvalue weighted by Gasteiger charge is -2.32. The second-order valence-electron chi connectivity index (χ2n) is 6.63. The molecule has 1 aliphatic heterocycles. The minimum Gasteiger partial charge on any atom is -0.481 e. The second kappa shape index (κ2) is 6.61. The Labute approximate surface area is 127 Å². The number of piperidine rings is 1. The van der Waals surface area contributed by atoms with Crippen molar-refractivity contribution in [3.05, 3.63) is 35.4 Å². The van der Waals surface area contributed by atoms with Gasteiger partial charge in [-0.15, -0.1) is 0 Å². The summed E-state index contributed by atoms with van der Waals surface area (Å²) in [5.41, 5.74) is 3.06. The van der Waals surface area contributed by atoms with Gasteiger partial charge in [0.25, 0.3) is 0 Å². The first kappa shape index (κ1) is 14.6. The highest BCUT2D eigenvalue weighted by Crippen LogP contribution is 2.42. The lowest BCUT2D eigenvalue weighted by molar-refractivity contribution is -0.137. The average molecular weight is 287 g/mol. The first-order chi connectivity index (χ1) is 10.2. The van der Waals surface area contributed by atoms with Gasteiger partial charge in [0.1, 0.15) is 0 Å². The quantitative estimate of drug-likeness (QED) is 0.868. The molecule has 1 aliphatic carbocycles. The predicted molar refractivity (Wildman–Crippen MR) is 83.3 cm³/mol. The maximum absolute atomic E-state index is 10.6. The molecule has 0 bridgehead atoms. The predicted octanol–water partition coefficient (Wildman–Crippen LogP) is 3.64. The lowest BCUT2D eigenvalue weighted by Crippen LogP contribution is -2.33. The molecule has 0 aromatic heterocycles. The standard InChI is InChI=1S/C18H25NO2/c20-18(21)8-5-14-9-11-19(12-10-14)13-16-3-1-2-4-17(16)15-6-7-15/h1-4,14-15H,5-13H2,(H,20,21). The zero-order chi connectivity index (χ0) is 14.7. The molecule has 2 fully saturated rings. The third-order valence-electron chi connectivity index (χ3n) is 4.94. The van der Waals surface area contributed by atoms with Crippen LogP contribution in [0.15, 0.2) is 24.3 Å². The van der Waals surface area contributed by atoms with Crippen molar-refractivity contribution in [2.45, 2.75) is 51.0 Å². The van der Waals surface area contributed by atoms with E-state index in [0.29, 0.717) is 12.3 Å². The van der Waals surface area contributed by atoms with E-state index in [9.17, 15) is 4.79 Å². The fraction of sp³-hybridized carbons (Fsp3) is 0.611. The van der Waals surface area contributed by atoms with Gasteiger partial charge >= 0.3 is 5.97 Å². The van der Waals surface area contributed by atoms with Crippen molar-refractivity contribution in [2.24, 2.45) is 5.92 Å². The van der Waals surface area contributed by atoms with Crippen LogP contribution in [0.5, 0.6) is 0 Å². The number of carbonyl (C=O) groups is 1.